The standard InChI is InChI=1S/C18H19FN2O6/c1-9-5-3-4-6-11(9)14(24)15-13(19)16(26-10(2)22)17(27-15)21-8-7-12(23)20-18(21)25/h3-8,13-17,24H,1-2H3,(H,20,23,25)/t13-,14?,15+,16-,17-/m1/s1. The second kappa shape index (κ2) is 7.45. The van der Waals surface area contributed by atoms with Crippen LogP contribution in [0.25, 0.3) is 0 Å². The van der Waals surface area contributed by atoms with Crippen molar-refractivity contribution in [3.05, 3.63) is 68.5 Å². The van der Waals surface area contributed by atoms with Crippen molar-refractivity contribution in [2.24, 2.45) is 0 Å². The Morgan fingerprint density at radius 1 is 1.33 bits per heavy atom. The first kappa shape index (κ1) is 19.0. The molecule has 1 fully saturated rings. The lowest BCUT2D eigenvalue weighted by Gasteiger charge is -2.21. The lowest BCUT2D eigenvalue weighted by Crippen LogP contribution is -2.38. The largest absolute Gasteiger partial charge is 0.454 e. The average Bonchev–Trinajstić information content (AvgIpc) is 2.91. The molecule has 3 rings (SSSR count). The van der Waals surface area contributed by atoms with Crippen molar-refractivity contribution in [3.8, 4) is 0 Å². The number of hydrogen-bond donors (Lipinski definition) is 2. The van der Waals surface area contributed by atoms with E-state index in [1.54, 1.807) is 31.2 Å². The van der Waals surface area contributed by atoms with Gasteiger partial charge in [0.2, 0.25) is 0 Å². The second-order valence-electron chi connectivity index (χ2n) is 6.33. The van der Waals surface area contributed by atoms with Crippen LogP contribution in [0.3, 0.4) is 0 Å². The molecule has 0 bridgehead atoms. The molecule has 1 unspecified atom stereocenters. The highest BCUT2D eigenvalue weighted by atomic mass is 19.1. The van der Waals surface area contributed by atoms with Gasteiger partial charge in [-0.3, -0.25) is 19.1 Å². The van der Waals surface area contributed by atoms with Gasteiger partial charge in [-0.25, -0.2) is 9.18 Å². The molecule has 144 valence electrons. The van der Waals surface area contributed by atoms with Crippen LogP contribution in [0, 0.1) is 6.92 Å². The predicted octanol–water partition coefficient (Wildman–Crippen LogP) is 0.746. The minimum Gasteiger partial charge on any atom is -0.454 e. The third kappa shape index (κ3) is 3.69. The average molecular weight is 378 g/mol. The Bertz CT molecular complexity index is 955. The Labute approximate surface area is 153 Å². The summed E-state index contributed by atoms with van der Waals surface area (Å²) in [6, 6.07) is 7.93. The number of aryl methyl sites for hydroxylation is 1. The highest BCUT2D eigenvalue weighted by molar-refractivity contribution is 5.66. The van der Waals surface area contributed by atoms with E-state index in [0.29, 0.717) is 5.56 Å². The van der Waals surface area contributed by atoms with E-state index >= 15 is 4.39 Å². The third-order valence-corrected chi connectivity index (χ3v) is 4.45. The SMILES string of the molecule is CC(=O)O[C@@H]1[C@H](F)[C@@H](C(O)c2ccccc2C)O[C@H]1n1ccc(=O)[nH]c1=O. The van der Waals surface area contributed by atoms with Gasteiger partial charge >= 0.3 is 11.7 Å². The Balaban J connectivity index is 1.98. The number of esters is 1. The molecule has 27 heavy (non-hydrogen) atoms. The molecule has 5 atom stereocenters. The van der Waals surface area contributed by atoms with E-state index in [9.17, 15) is 19.5 Å². The number of aliphatic hydroxyl groups is 1. The van der Waals surface area contributed by atoms with Crippen LogP contribution in [0.2, 0.25) is 0 Å². The highest BCUT2D eigenvalue weighted by Gasteiger charge is 2.51. The number of nitrogens with one attached hydrogen (secondary N) is 1. The zero-order chi connectivity index (χ0) is 19.7. The third-order valence-electron chi connectivity index (χ3n) is 4.45. The van der Waals surface area contributed by atoms with Crippen LogP contribution in [0.15, 0.2) is 46.1 Å². The van der Waals surface area contributed by atoms with E-state index in [1.165, 1.54) is 0 Å². The lowest BCUT2D eigenvalue weighted by atomic mass is 9.96. The Morgan fingerprint density at radius 2 is 2.04 bits per heavy atom. The molecule has 0 spiro atoms. The number of aromatic amines is 1. The van der Waals surface area contributed by atoms with E-state index in [4.69, 9.17) is 9.47 Å². The summed E-state index contributed by atoms with van der Waals surface area (Å²) in [7, 11) is 0. The van der Waals surface area contributed by atoms with Gasteiger partial charge in [0, 0.05) is 19.2 Å². The van der Waals surface area contributed by atoms with Crippen LogP contribution < -0.4 is 11.2 Å². The van der Waals surface area contributed by atoms with Crippen molar-refractivity contribution in [2.75, 3.05) is 0 Å². The van der Waals surface area contributed by atoms with Gasteiger partial charge in [0.1, 0.15) is 12.2 Å². The summed E-state index contributed by atoms with van der Waals surface area (Å²) in [6.07, 6.45) is -6.29. The molecular weight excluding hydrogens is 359 g/mol. The summed E-state index contributed by atoms with van der Waals surface area (Å²) in [5, 5.41) is 10.7. The Kier molecular flexibility index (Phi) is 5.24. The Morgan fingerprint density at radius 3 is 2.67 bits per heavy atom. The molecule has 0 aliphatic carbocycles. The van der Waals surface area contributed by atoms with Gasteiger partial charge in [0.05, 0.1) is 0 Å². The number of rotatable bonds is 4. The lowest BCUT2D eigenvalue weighted by molar-refractivity contribution is -0.154. The number of aliphatic hydroxyl groups excluding tert-OH is 1. The van der Waals surface area contributed by atoms with Gasteiger partial charge in [-0.1, -0.05) is 24.3 Å². The number of nitrogens with zero attached hydrogens (tertiary/aromatic N) is 1. The van der Waals surface area contributed by atoms with Crippen molar-refractivity contribution in [1.29, 1.82) is 0 Å². The fourth-order valence-electron chi connectivity index (χ4n) is 3.17. The molecule has 1 aromatic carbocycles. The van der Waals surface area contributed by atoms with Gasteiger partial charge in [-0.15, -0.1) is 0 Å². The number of H-pyrrole nitrogens is 1. The molecule has 8 nitrogen and oxygen atoms in total. The molecule has 2 heterocycles. The van der Waals surface area contributed by atoms with Crippen molar-refractivity contribution >= 4 is 5.97 Å². The highest BCUT2D eigenvalue weighted by Crippen LogP contribution is 2.39. The summed E-state index contributed by atoms with van der Waals surface area (Å²) in [5.74, 6) is -0.764. The minimum absolute atomic E-state index is 0.459. The molecule has 9 heteroatoms. The maximum Gasteiger partial charge on any atom is 0.330 e. The van der Waals surface area contributed by atoms with Crippen molar-refractivity contribution in [2.45, 2.75) is 44.6 Å². The molecule has 0 radical (unpaired) electrons. The van der Waals surface area contributed by atoms with Crippen LogP contribution >= 0.6 is 0 Å². The van der Waals surface area contributed by atoms with Crippen LogP contribution in [-0.2, 0) is 14.3 Å². The van der Waals surface area contributed by atoms with E-state index in [-0.39, 0.29) is 0 Å². The molecule has 0 amide bonds. The number of hydrogen-bond acceptors (Lipinski definition) is 6. The molecule has 0 saturated carbocycles. The van der Waals surface area contributed by atoms with Gasteiger partial charge < -0.3 is 14.6 Å². The van der Waals surface area contributed by atoms with Gasteiger partial charge in [0.25, 0.3) is 5.56 Å². The molecule has 2 N–H and O–H groups in total. The first-order chi connectivity index (χ1) is 12.8. The molecule has 1 aliphatic rings. The van der Waals surface area contributed by atoms with Crippen LogP contribution in [-0.4, -0.2) is 39.0 Å². The number of ether oxygens (including phenoxy) is 2. The van der Waals surface area contributed by atoms with E-state index in [1.807, 2.05) is 4.98 Å². The normalized spacial score (nSPS) is 25.9. The number of benzene rings is 1. The van der Waals surface area contributed by atoms with E-state index in [0.717, 1.165) is 29.3 Å². The summed E-state index contributed by atoms with van der Waals surface area (Å²) < 4.78 is 26.6. The number of alkyl halides is 1. The fourth-order valence-corrected chi connectivity index (χ4v) is 3.17. The number of halogens is 1. The zero-order valence-electron chi connectivity index (χ0n) is 14.7. The van der Waals surface area contributed by atoms with Gasteiger partial charge in [-0.05, 0) is 18.1 Å². The number of aromatic nitrogens is 2. The van der Waals surface area contributed by atoms with Gasteiger partial charge in [-0.2, -0.15) is 0 Å². The second-order valence-corrected chi connectivity index (χ2v) is 6.33. The van der Waals surface area contributed by atoms with Crippen molar-refractivity contribution in [1.82, 2.24) is 9.55 Å². The molecule has 1 saturated heterocycles. The number of carbonyl (C=O) groups is 1. The minimum atomic E-state index is -1.90. The maximum atomic E-state index is 15.1. The zero-order valence-corrected chi connectivity index (χ0v) is 14.7. The quantitative estimate of drug-likeness (QED) is 0.760. The van der Waals surface area contributed by atoms with Crippen molar-refractivity contribution in [3.63, 3.8) is 0 Å². The van der Waals surface area contributed by atoms with E-state index < -0.39 is 47.9 Å². The first-order valence-electron chi connectivity index (χ1n) is 8.31. The van der Waals surface area contributed by atoms with Crippen LogP contribution in [0.4, 0.5) is 4.39 Å². The van der Waals surface area contributed by atoms with Crippen LogP contribution in [0.1, 0.15) is 30.4 Å². The molecule has 1 aliphatic heterocycles. The Hall–Kier alpha value is -2.78. The topological polar surface area (TPSA) is 111 Å². The van der Waals surface area contributed by atoms with Crippen LogP contribution in [0.5, 0.6) is 0 Å². The molecule has 1 aromatic heterocycles. The van der Waals surface area contributed by atoms with E-state index in [2.05, 4.69) is 0 Å². The summed E-state index contributed by atoms with van der Waals surface area (Å²) in [6.45, 7) is 2.86. The molecule has 2 aromatic rings. The smallest absolute Gasteiger partial charge is 0.330 e. The summed E-state index contributed by atoms with van der Waals surface area (Å²) in [5.41, 5.74) is -0.287. The summed E-state index contributed by atoms with van der Waals surface area (Å²) in [4.78, 5) is 36.8. The van der Waals surface area contributed by atoms with Crippen molar-refractivity contribution < 1.29 is 23.8 Å². The first-order valence-corrected chi connectivity index (χ1v) is 8.31. The number of carbonyl (C=O) groups excluding carboxylic acids is 1. The molecular formula is C18H19FN2O6. The maximum absolute atomic E-state index is 15.1. The fraction of sp³-hybridized carbons (Fsp3) is 0.389. The van der Waals surface area contributed by atoms with Gasteiger partial charge in [0.15, 0.2) is 18.5 Å². The summed E-state index contributed by atoms with van der Waals surface area (Å²) >= 11 is 0. The monoisotopic (exact) mass is 378 g/mol. The predicted molar refractivity (Wildman–Crippen MR) is 91.8 cm³/mol.